The fourth-order valence-corrected chi connectivity index (χ4v) is 2.90. The van der Waals surface area contributed by atoms with Crippen LogP contribution in [0.15, 0.2) is 30.3 Å². The normalized spacial score (nSPS) is 22.2. The van der Waals surface area contributed by atoms with Crippen LogP contribution in [0, 0.1) is 23.2 Å². The minimum atomic E-state index is 0.0486. The summed E-state index contributed by atoms with van der Waals surface area (Å²) in [6, 6.07) is 9.34. The third kappa shape index (κ3) is 3.14. The zero-order valence-electron chi connectivity index (χ0n) is 11.9. The quantitative estimate of drug-likeness (QED) is 0.797. The van der Waals surface area contributed by atoms with Gasteiger partial charge in [-0.3, -0.25) is 4.79 Å². The van der Waals surface area contributed by atoms with Gasteiger partial charge in [0.2, 0.25) is 5.91 Å². The summed E-state index contributed by atoms with van der Waals surface area (Å²) < 4.78 is 5.39. The van der Waals surface area contributed by atoms with Gasteiger partial charge >= 0.3 is 0 Å². The number of rotatable bonds is 3. The first-order valence-corrected chi connectivity index (χ1v) is 7.31. The highest BCUT2D eigenvalue weighted by atomic mass is 16.5. The van der Waals surface area contributed by atoms with Crippen molar-refractivity contribution >= 4 is 12.0 Å². The molecule has 0 spiro atoms. The monoisotopic (exact) mass is 282 g/mol. The molecular formula is C17H18N2O2. The fourth-order valence-electron chi connectivity index (χ4n) is 2.90. The Balaban J connectivity index is 1.52. The Morgan fingerprint density at radius 2 is 2.24 bits per heavy atom. The molecule has 1 aromatic carbocycles. The smallest absolute Gasteiger partial charge is 0.246 e. The predicted octanol–water partition coefficient (Wildman–Crippen LogP) is 2.07. The number of carbonyl (C=O) groups excluding carboxylic acids is 1. The lowest BCUT2D eigenvalue weighted by Crippen LogP contribution is -2.52. The number of carbonyl (C=O) groups is 1. The van der Waals surface area contributed by atoms with Crippen molar-refractivity contribution in [1.29, 1.82) is 5.26 Å². The van der Waals surface area contributed by atoms with Crippen molar-refractivity contribution in [2.45, 2.75) is 6.42 Å². The van der Waals surface area contributed by atoms with Crippen molar-refractivity contribution in [2.24, 2.45) is 11.8 Å². The van der Waals surface area contributed by atoms with Crippen molar-refractivity contribution in [3.05, 3.63) is 41.5 Å². The lowest BCUT2D eigenvalue weighted by Gasteiger charge is -2.41. The molecule has 0 aliphatic carbocycles. The maximum Gasteiger partial charge on any atom is 0.246 e. The maximum absolute atomic E-state index is 12.1. The molecule has 0 radical (unpaired) electrons. The van der Waals surface area contributed by atoms with E-state index in [9.17, 15) is 4.79 Å². The summed E-state index contributed by atoms with van der Waals surface area (Å²) in [5, 5.41) is 8.85. The molecule has 108 valence electrons. The van der Waals surface area contributed by atoms with Crippen LogP contribution >= 0.6 is 0 Å². The van der Waals surface area contributed by atoms with Gasteiger partial charge in [-0.05, 0) is 42.0 Å². The standard InChI is InChI=1S/C17H18N2O2/c18-9-14-3-1-2-13(8-14)4-5-17(20)19-10-16(11-19)15-6-7-21-12-15/h1-5,8,15-16H,6-7,10-12H2/b5-4+. The van der Waals surface area contributed by atoms with Gasteiger partial charge in [-0.2, -0.15) is 5.26 Å². The lowest BCUT2D eigenvalue weighted by molar-refractivity contribution is -0.133. The Morgan fingerprint density at radius 1 is 1.38 bits per heavy atom. The number of nitriles is 1. The number of ether oxygens (including phenoxy) is 1. The number of benzene rings is 1. The third-order valence-electron chi connectivity index (χ3n) is 4.29. The second kappa shape index (κ2) is 6.11. The Hall–Kier alpha value is -2.12. The van der Waals surface area contributed by atoms with Gasteiger partial charge in [0.25, 0.3) is 0 Å². The molecule has 1 aromatic rings. The molecule has 4 nitrogen and oxygen atoms in total. The molecular weight excluding hydrogens is 264 g/mol. The first kappa shape index (κ1) is 13.8. The minimum Gasteiger partial charge on any atom is -0.381 e. The van der Waals surface area contributed by atoms with Crippen LogP contribution in [-0.4, -0.2) is 37.1 Å². The summed E-state index contributed by atoms with van der Waals surface area (Å²) in [4.78, 5) is 13.9. The zero-order valence-corrected chi connectivity index (χ0v) is 11.9. The van der Waals surface area contributed by atoms with Crippen LogP contribution in [0.5, 0.6) is 0 Å². The average molecular weight is 282 g/mol. The summed E-state index contributed by atoms with van der Waals surface area (Å²) in [7, 11) is 0. The predicted molar refractivity (Wildman–Crippen MR) is 79.2 cm³/mol. The summed E-state index contributed by atoms with van der Waals surface area (Å²) in [5.74, 6) is 1.28. The molecule has 2 heterocycles. The van der Waals surface area contributed by atoms with Gasteiger partial charge < -0.3 is 9.64 Å². The molecule has 3 rings (SSSR count). The summed E-state index contributed by atoms with van der Waals surface area (Å²) in [6.07, 6.45) is 4.50. The second-order valence-corrected chi connectivity index (χ2v) is 5.70. The molecule has 2 saturated heterocycles. The van der Waals surface area contributed by atoms with Gasteiger partial charge in [0, 0.05) is 32.4 Å². The van der Waals surface area contributed by atoms with Crippen LogP contribution in [0.2, 0.25) is 0 Å². The Kier molecular flexibility index (Phi) is 4.03. The van der Waals surface area contributed by atoms with E-state index in [1.54, 1.807) is 24.3 Å². The van der Waals surface area contributed by atoms with E-state index in [-0.39, 0.29) is 5.91 Å². The molecule has 0 N–H and O–H groups in total. The van der Waals surface area contributed by atoms with Crippen molar-refractivity contribution in [2.75, 3.05) is 26.3 Å². The lowest BCUT2D eigenvalue weighted by atomic mass is 9.85. The first-order valence-electron chi connectivity index (χ1n) is 7.31. The van der Waals surface area contributed by atoms with E-state index in [1.165, 1.54) is 0 Å². The SMILES string of the molecule is N#Cc1cccc(/C=C/C(=O)N2CC(C3CCOC3)C2)c1. The van der Waals surface area contributed by atoms with Crippen molar-refractivity contribution in [1.82, 2.24) is 4.90 Å². The van der Waals surface area contributed by atoms with Crippen LogP contribution in [-0.2, 0) is 9.53 Å². The molecule has 0 aromatic heterocycles. The van der Waals surface area contributed by atoms with E-state index in [4.69, 9.17) is 10.00 Å². The van der Waals surface area contributed by atoms with E-state index >= 15 is 0 Å². The van der Waals surface area contributed by atoms with E-state index in [1.807, 2.05) is 17.0 Å². The highest BCUT2D eigenvalue weighted by Crippen LogP contribution is 2.29. The van der Waals surface area contributed by atoms with Crippen molar-refractivity contribution < 1.29 is 9.53 Å². The van der Waals surface area contributed by atoms with E-state index in [0.717, 1.165) is 38.3 Å². The number of hydrogen-bond donors (Lipinski definition) is 0. The Bertz CT molecular complexity index is 591. The van der Waals surface area contributed by atoms with E-state index in [2.05, 4.69) is 6.07 Å². The molecule has 0 bridgehead atoms. The maximum atomic E-state index is 12.1. The first-order chi connectivity index (χ1) is 10.3. The van der Waals surface area contributed by atoms with Gasteiger partial charge in [-0.1, -0.05) is 12.1 Å². The number of amides is 1. The van der Waals surface area contributed by atoms with Gasteiger partial charge in [0.05, 0.1) is 11.6 Å². The van der Waals surface area contributed by atoms with Crippen LogP contribution in [0.4, 0.5) is 0 Å². The Morgan fingerprint density at radius 3 is 2.95 bits per heavy atom. The summed E-state index contributed by atoms with van der Waals surface area (Å²) in [5.41, 5.74) is 1.48. The number of hydrogen-bond acceptors (Lipinski definition) is 3. The van der Waals surface area contributed by atoms with Gasteiger partial charge in [-0.25, -0.2) is 0 Å². The average Bonchev–Trinajstić information content (AvgIpc) is 2.98. The van der Waals surface area contributed by atoms with Crippen molar-refractivity contribution in [3.63, 3.8) is 0 Å². The highest BCUT2D eigenvalue weighted by Gasteiger charge is 2.36. The molecule has 2 fully saturated rings. The summed E-state index contributed by atoms with van der Waals surface area (Å²) in [6.45, 7) is 3.40. The van der Waals surface area contributed by atoms with E-state index in [0.29, 0.717) is 17.4 Å². The van der Waals surface area contributed by atoms with Crippen LogP contribution in [0.25, 0.3) is 6.08 Å². The van der Waals surface area contributed by atoms with Crippen LogP contribution < -0.4 is 0 Å². The summed E-state index contributed by atoms with van der Waals surface area (Å²) >= 11 is 0. The largest absolute Gasteiger partial charge is 0.381 e. The molecule has 2 aliphatic heterocycles. The molecule has 1 unspecified atom stereocenters. The molecule has 21 heavy (non-hydrogen) atoms. The second-order valence-electron chi connectivity index (χ2n) is 5.70. The molecule has 4 heteroatoms. The molecule has 1 atom stereocenters. The minimum absolute atomic E-state index is 0.0486. The number of likely N-dealkylation sites (tertiary alicyclic amines) is 1. The molecule has 2 aliphatic rings. The van der Waals surface area contributed by atoms with Crippen molar-refractivity contribution in [3.8, 4) is 6.07 Å². The fraction of sp³-hybridized carbons (Fsp3) is 0.412. The van der Waals surface area contributed by atoms with Gasteiger partial charge in [-0.15, -0.1) is 0 Å². The third-order valence-corrected chi connectivity index (χ3v) is 4.29. The van der Waals surface area contributed by atoms with Gasteiger partial charge in [0.15, 0.2) is 0 Å². The number of nitrogens with zero attached hydrogens (tertiary/aromatic N) is 2. The highest BCUT2D eigenvalue weighted by molar-refractivity contribution is 5.92. The molecule has 0 saturated carbocycles. The Labute approximate surface area is 124 Å². The van der Waals surface area contributed by atoms with Crippen LogP contribution in [0.1, 0.15) is 17.5 Å². The zero-order chi connectivity index (χ0) is 14.7. The van der Waals surface area contributed by atoms with Crippen LogP contribution in [0.3, 0.4) is 0 Å². The van der Waals surface area contributed by atoms with E-state index < -0.39 is 0 Å². The van der Waals surface area contributed by atoms with Gasteiger partial charge in [0.1, 0.15) is 0 Å². The molecule has 1 amide bonds. The topological polar surface area (TPSA) is 53.3 Å².